The van der Waals surface area contributed by atoms with Gasteiger partial charge in [0.1, 0.15) is 0 Å². The maximum atomic E-state index is 11.9. The van der Waals surface area contributed by atoms with Crippen LogP contribution in [0.5, 0.6) is 0 Å². The van der Waals surface area contributed by atoms with Gasteiger partial charge in [0, 0.05) is 12.7 Å². The smallest absolute Gasteiger partial charge is 0.279 e. The Balaban J connectivity index is 2.51. The zero-order chi connectivity index (χ0) is 15.0. The van der Waals surface area contributed by atoms with Crippen molar-refractivity contribution in [1.82, 2.24) is 10.3 Å². The first-order valence-corrected chi connectivity index (χ1v) is 6.95. The third kappa shape index (κ3) is 5.54. The van der Waals surface area contributed by atoms with E-state index in [0.717, 1.165) is 4.90 Å². The van der Waals surface area contributed by atoms with E-state index in [0.29, 0.717) is 18.8 Å². The number of hydrogen-bond acceptors (Lipinski definition) is 3. The molecule has 6 nitrogen and oxygen atoms in total. The Morgan fingerprint density at radius 1 is 1.30 bits per heavy atom. The van der Waals surface area contributed by atoms with Crippen LogP contribution in [0.4, 0.5) is 5.69 Å². The molecule has 20 heavy (non-hydrogen) atoms. The molecule has 110 valence electrons. The number of aromatic nitrogens is 1. The number of quaternary nitrogens is 1. The molecule has 3 N–H and O–H groups in total. The number of anilines is 1. The SMILES string of the molecule is CCNC(=O)C[NH+](CC)CC(=O)Nc1cccnc1Cl. The molecule has 0 bridgehead atoms. The summed E-state index contributed by atoms with van der Waals surface area (Å²) in [6.07, 6.45) is 1.55. The van der Waals surface area contributed by atoms with Crippen molar-refractivity contribution in [2.45, 2.75) is 13.8 Å². The van der Waals surface area contributed by atoms with Crippen molar-refractivity contribution in [3.05, 3.63) is 23.5 Å². The van der Waals surface area contributed by atoms with Gasteiger partial charge in [0.25, 0.3) is 11.8 Å². The molecule has 0 aliphatic heterocycles. The van der Waals surface area contributed by atoms with Gasteiger partial charge < -0.3 is 15.5 Å². The van der Waals surface area contributed by atoms with Crippen LogP contribution in [0.1, 0.15) is 13.8 Å². The molecule has 2 amide bonds. The number of carbonyl (C=O) groups is 2. The first-order chi connectivity index (χ1) is 9.56. The molecule has 1 unspecified atom stereocenters. The van der Waals surface area contributed by atoms with Gasteiger partial charge in [-0.15, -0.1) is 0 Å². The number of nitrogens with zero attached hydrogens (tertiary/aromatic N) is 1. The Kier molecular flexibility index (Phi) is 6.97. The van der Waals surface area contributed by atoms with Crippen LogP contribution in [0.25, 0.3) is 0 Å². The van der Waals surface area contributed by atoms with Gasteiger partial charge in [-0.3, -0.25) is 9.59 Å². The second kappa shape index (κ2) is 8.50. The first-order valence-electron chi connectivity index (χ1n) is 6.57. The van der Waals surface area contributed by atoms with E-state index >= 15 is 0 Å². The van der Waals surface area contributed by atoms with Gasteiger partial charge in [-0.2, -0.15) is 0 Å². The van der Waals surface area contributed by atoms with E-state index in [4.69, 9.17) is 11.6 Å². The van der Waals surface area contributed by atoms with E-state index in [1.807, 2.05) is 13.8 Å². The summed E-state index contributed by atoms with van der Waals surface area (Å²) in [6.45, 7) is 5.55. The van der Waals surface area contributed by atoms with Gasteiger partial charge in [-0.1, -0.05) is 11.6 Å². The Bertz CT molecular complexity index is 467. The fourth-order valence-electron chi connectivity index (χ4n) is 1.70. The van der Waals surface area contributed by atoms with Crippen molar-refractivity contribution in [1.29, 1.82) is 0 Å². The van der Waals surface area contributed by atoms with Crippen molar-refractivity contribution in [3.8, 4) is 0 Å². The molecule has 0 aromatic carbocycles. The molecule has 1 aromatic heterocycles. The Morgan fingerprint density at radius 2 is 2.00 bits per heavy atom. The molecule has 0 spiro atoms. The monoisotopic (exact) mass is 299 g/mol. The van der Waals surface area contributed by atoms with Crippen molar-refractivity contribution >= 4 is 29.1 Å². The molecule has 1 atom stereocenters. The second-order valence-electron chi connectivity index (χ2n) is 4.30. The molecular formula is C13H20ClN4O2+. The molecule has 1 heterocycles. The standard InChI is InChI=1S/C13H19ClN4O2/c1-3-15-11(19)8-18(4-2)9-12(20)17-10-6-5-7-16-13(10)14/h5-7H,3-4,8-9H2,1-2H3,(H,15,19)(H,17,20)/p+1. The van der Waals surface area contributed by atoms with Crippen molar-refractivity contribution in [2.75, 3.05) is 31.5 Å². The minimum absolute atomic E-state index is 0.0587. The molecule has 0 saturated heterocycles. The summed E-state index contributed by atoms with van der Waals surface area (Å²) < 4.78 is 0. The second-order valence-corrected chi connectivity index (χ2v) is 4.66. The lowest BCUT2D eigenvalue weighted by Crippen LogP contribution is -3.14. The zero-order valence-electron chi connectivity index (χ0n) is 11.7. The molecular weight excluding hydrogens is 280 g/mol. The van der Waals surface area contributed by atoms with Crippen molar-refractivity contribution in [2.24, 2.45) is 0 Å². The summed E-state index contributed by atoms with van der Waals surface area (Å²) >= 11 is 5.87. The highest BCUT2D eigenvalue weighted by Gasteiger charge is 2.16. The fourth-order valence-corrected chi connectivity index (χ4v) is 1.87. The first kappa shape index (κ1) is 16.4. The number of pyridine rings is 1. The molecule has 1 rings (SSSR count). The molecule has 0 aliphatic carbocycles. The average molecular weight is 300 g/mol. The average Bonchev–Trinajstić information content (AvgIpc) is 2.41. The van der Waals surface area contributed by atoms with Gasteiger partial charge in [0.05, 0.1) is 12.2 Å². The molecule has 0 radical (unpaired) electrons. The van der Waals surface area contributed by atoms with E-state index in [2.05, 4.69) is 15.6 Å². The van der Waals surface area contributed by atoms with Gasteiger partial charge in [0.2, 0.25) is 0 Å². The normalized spacial score (nSPS) is 11.8. The van der Waals surface area contributed by atoms with E-state index in [1.165, 1.54) is 0 Å². The fraction of sp³-hybridized carbons (Fsp3) is 0.462. The van der Waals surface area contributed by atoms with Crippen molar-refractivity contribution < 1.29 is 14.5 Å². The Labute approximate surface area is 123 Å². The zero-order valence-corrected chi connectivity index (χ0v) is 12.5. The topological polar surface area (TPSA) is 75.5 Å². The van der Waals surface area contributed by atoms with E-state index in [9.17, 15) is 9.59 Å². The van der Waals surface area contributed by atoms with Crippen LogP contribution in [0.2, 0.25) is 5.15 Å². The molecule has 7 heteroatoms. The lowest BCUT2D eigenvalue weighted by atomic mass is 10.4. The summed E-state index contributed by atoms with van der Waals surface area (Å²) in [5.74, 6) is -0.252. The van der Waals surface area contributed by atoms with Crippen LogP contribution in [0.15, 0.2) is 18.3 Å². The number of carbonyl (C=O) groups excluding carboxylic acids is 2. The van der Waals surface area contributed by atoms with Crippen molar-refractivity contribution in [3.63, 3.8) is 0 Å². The number of halogens is 1. The highest BCUT2D eigenvalue weighted by Crippen LogP contribution is 2.16. The molecule has 0 aliphatic rings. The minimum atomic E-state index is -0.193. The Hall–Kier alpha value is -1.66. The van der Waals surface area contributed by atoms with Gasteiger partial charge in [-0.25, -0.2) is 4.98 Å². The minimum Gasteiger partial charge on any atom is -0.351 e. The number of hydrogen-bond donors (Lipinski definition) is 3. The third-order valence-corrected chi connectivity index (χ3v) is 3.03. The number of nitrogens with one attached hydrogen (secondary N) is 3. The maximum absolute atomic E-state index is 11.9. The molecule has 1 aromatic rings. The summed E-state index contributed by atoms with van der Waals surface area (Å²) in [6, 6.07) is 3.38. The van der Waals surface area contributed by atoms with Crippen LogP contribution in [0, 0.1) is 0 Å². The van der Waals surface area contributed by atoms with E-state index in [1.54, 1.807) is 18.3 Å². The summed E-state index contributed by atoms with van der Waals surface area (Å²) in [4.78, 5) is 28.2. The maximum Gasteiger partial charge on any atom is 0.279 e. The van der Waals surface area contributed by atoms with Gasteiger partial charge in [-0.05, 0) is 26.0 Å². The number of rotatable bonds is 7. The lowest BCUT2D eigenvalue weighted by Gasteiger charge is -2.16. The highest BCUT2D eigenvalue weighted by atomic mass is 35.5. The quantitative estimate of drug-likeness (QED) is 0.606. The van der Waals surface area contributed by atoms with Crippen LogP contribution in [-0.2, 0) is 9.59 Å². The van der Waals surface area contributed by atoms with Crippen LogP contribution >= 0.6 is 11.6 Å². The predicted molar refractivity (Wildman–Crippen MR) is 77.8 cm³/mol. The van der Waals surface area contributed by atoms with Crippen LogP contribution in [-0.4, -0.2) is 43.0 Å². The Morgan fingerprint density at radius 3 is 2.60 bits per heavy atom. The summed E-state index contributed by atoms with van der Waals surface area (Å²) in [5, 5.41) is 5.67. The van der Waals surface area contributed by atoms with Crippen LogP contribution < -0.4 is 15.5 Å². The van der Waals surface area contributed by atoms with Crippen LogP contribution in [0.3, 0.4) is 0 Å². The number of likely N-dealkylation sites (N-methyl/N-ethyl adjacent to an activating group) is 2. The summed E-state index contributed by atoms with van der Waals surface area (Å²) in [7, 11) is 0. The van der Waals surface area contributed by atoms with Gasteiger partial charge >= 0.3 is 0 Å². The third-order valence-electron chi connectivity index (χ3n) is 2.73. The van der Waals surface area contributed by atoms with E-state index < -0.39 is 0 Å². The molecule has 0 fully saturated rings. The van der Waals surface area contributed by atoms with E-state index in [-0.39, 0.29) is 30.1 Å². The predicted octanol–water partition coefficient (Wildman–Crippen LogP) is -0.286. The summed E-state index contributed by atoms with van der Waals surface area (Å²) in [5.41, 5.74) is 0.479. The largest absolute Gasteiger partial charge is 0.351 e. The highest BCUT2D eigenvalue weighted by molar-refractivity contribution is 6.32. The molecule has 0 saturated carbocycles. The lowest BCUT2D eigenvalue weighted by molar-refractivity contribution is -0.881. The number of amides is 2. The van der Waals surface area contributed by atoms with Gasteiger partial charge in [0.15, 0.2) is 18.2 Å².